The third-order valence-corrected chi connectivity index (χ3v) is 3.54. The number of nitrogens with one attached hydrogen (secondary N) is 1. The van der Waals surface area contributed by atoms with Gasteiger partial charge >= 0.3 is 12.0 Å². The fourth-order valence-electron chi connectivity index (χ4n) is 2.20. The van der Waals surface area contributed by atoms with Gasteiger partial charge < -0.3 is 15.3 Å². The lowest BCUT2D eigenvalue weighted by Gasteiger charge is -2.36. The van der Waals surface area contributed by atoms with Crippen LogP contribution in [-0.2, 0) is 9.59 Å². The molecule has 1 atom stereocenters. The van der Waals surface area contributed by atoms with E-state index >= 15 is 0 Å². The van der Waals surface area contributed by atoms with E-state index in [1.54, 1.807) is 4.90 Å². The van der Waals surface area contributed by atoms with Crippen LogP contribution in [-0.4, -0.2) is 65.0 Å². The summed E-state index contributed by atoms with van der Waals surface area (Å²) < 4.78 is 0. The van der Waals surface area contributed by atoms with Crippen molar-refractivity contribution in [3.05, 3.63) is 0 Å². The highest BCUT2D eigenvalue weighted by Crippen LogP contribution is 2.30. The molecule has 7 nitrogen and oxygen atoms in total. The lowest BCUT2D eigenvalue weighted by atomic mass is 10.2. The van der Waals surface area contributed by atoms with Crippen LogP contribution in [0.2, 0.25) is 0 Å². The average Bonchev–Trinajstić information content (AvgIpc) is 3.18. The number of hydrogen-bond donors (Lipinski definition) is 2. The summed E-state index contributed by atoms with van der Waals surface area (Å²) in [6.45, 7) is 2.83. The zero-order chi connectivity index (χ0) is 14.0. The standard InChI is InChI=1S/C12H19N3O4/c1-2-14(6-8-3-4-8)12(19)15-7-10(16)13-5-9(15)11(17)18/h8-9H,2-7H2,1H3,(H,13,16)(H,17,18). The number of urea groups is 1. The van der Waals surface area contributed by atoms with Crippen LogP contribution >= 0.6 is 0 Å². The molecule has 1 aliphatic heterocycles. The van der Waals surface area contributed by atoms with Crippen LogP contribution in [0.15, 0.2) is 0 Å². The molecule has 2 N–H and O–H groups in total. The maximum Gasteiger partial charge on any atom is 0.328 e. The summed E-state index contributed by atoms with van der Waals surface area (Å²) in [5.41, 5.74) is 0. The maximum atomic E-state index is 12.4. The van der Waals surface area contributed by atoms with Gasteiger partial charge in [0, 0.05) is 19.6 Å². The Morgan fingerprint density at radius 2 is 2.16 bits per heavy atom. The number of carboxylic acids is 1. The van der Waals surface area contributed by atoms with E-state index in [0.717, 1.165) is 17.7 Å². The van der Waals surface area contributed by atoms with E-state index in [0.29, 0.717) is 19.0 Å². The molecule has 0 aromatic heterocycles. The molecule has 7 heteroatoms. The van der Waals surface area contributed by atoms with Crippen LogP contribution < -0.4 is 5.32 Å². The Morgan fingerprint density at radius 1 is 1.47 bits per heavy atom. The minimum atomic E-state index is -1.09. The van der Waals surface area contributed by atoms with Crippen molar-refractivity contribution in [3.8, 4) is 0 Å². The fraction of sp³-hybridized carbons (Fsp3) is 0.750. The quantitative estimate of drug-likeness (QED) is 0.734. The molecule has 1 saturated heterocycles. The smallest absolute Gasteiger partial charge is 0.328 e. The van der Waals surface area contributed by atoms with Crippen LogP contribution in [0.5, 0.6) is 0 Å². The first-order valence-corrected chi connectivity index (χ1v) is 6.58. The average molecular weight is 269 g/mol. The second-order valence-electron chi connectivity index (χ2n) is 5.05. The number of piperazine rings is 1. The van der Waals surface area contributed by atoms with Gasteiger partial charge in [0.25, 0.3) is 0 Å². The summed E-state index contributed by atoms with van der Waals surface area (Å²) in [6.07, 6.45) is 2.24. The molecule has 0 aromatic rings. The van der Waals surface area contributed by atoms with E-state index in [4.69, 9.17) is 5.11 Å². The summed E-state index contributed by atoms with van der Waals surface area (Å²) in [5, 5.41) is 11.6. The van der Waals surface area contributed by atoms with Gasteiger partial charge in [-0.2, -0.15) is 0 Å². The Balaban J connectivity index is 2.07. The second kappa shape index (κ2) is 5.46. The zero-order valence-electron chi connectivity index (χ0n) is 11.0. The molecule has 2 rings (SSSR count). The van der Waals surface area contributed by atoms with Gasteiger partial charge in [0.15, 0.2) is 0 Å². The molecule has 1 aliphatic carbocycles. The van der Waals surface area contributed by atoms with E-state index in [1.165, 1.54) is 0 Å². The Labute approximate surface area is 111 Å². The number of hydrogen-bond acceptors (Lipinski definition) is 3. The third kappa shape index (κ3) is 3.15. The molecule has 1 heterocycles. The molecule has 3 amide bonds. The maximum absolute atomic E-state index is 12.4. The normalized spacial score (nSPS) is 22.9. The van der Waals surface area contributed by atoms with Crippen molar-refractivity contribution in [3.63, 3.8) is 0 Å². The van der Waals surface area contributed by atoms with Crippen LogP contribution in [0, 0.1) is 5.92 Å². The van der Waals surface area contributed by atoms with Gasteiger partial charge in [-0.05, 0) is 25.7 Å². The van der Waals surface area contributed by atoms with Crippen LogP contribution in [0.3, 0.4) is 0 Å². The molecule has 2 fully saturated rings. The Morgan fingerprint density at radius 3 is 2.68 bits per heavy atom. The summed E-state index contributed by atoms with van der Waals surface area (Å²) in [4.78, 5) is 37.7. The molecular formula is C12H19N3O4. The third-order valence-electron chi connectivity index (χ3n) is 3.54. The summed E-state index contributed by atoms with van der Waals surface area (Å²) in [5.74, 6) is -0.866. The first kappa shape index (κ1) is 13.6. The fourth-order valence-corrected chi connectivity index (χ4v) is 2.20. The van der Waals surface area contributed by atoms with Crippen LogP contribution in [0.4, 0.5) is 4.79 Å². The molecule has 2 aliphatic rings. The monoisotopic (exact) mass is 269 g/mol. The molecule has 1 unspecified atom stereocenters. The number of carbonyl (C=O) groups excluding carboxylic acids is 2. The van der Waals surface area contributed by atoms with Crippen molar-refractivity contribution >= 4 is 17.9 Å². The highest BCUT2D eigenvalue weighted by Gasteiger charge is 2.38. The van der Waals surface area contributed by atoms with E-state index in [-0.39, 0.29) is 25.0 Å². The zero-order valence-corrected chi connectivity index (χ0v) is 11.0. The van der Waals surface area contributed by atoms with E-state index < -0.39 is 12.0 Å². The summed E-state index contributed by atoms with van der Waals surface area (Å²) in [7, 11) is 0. The van der Waals surface area contributed by atoms with Crippen molar-refractivity contribution in [1.82, 2.24) is 15.1 Å². The highest BCUT2D eigenvalue weighted by molar-refractivity contribution is 5.90. The molecule has 0 spiro atoms. The molecule has 19 heavy (non-hydrogen) atoms. The van der Waals surface area contributed by atoms with E-state index in [9.17, 15) is 14.4 Å². The number of aliphatic carboxylic acids is 1. The summed E-state index contributed by atoms with van der Waals surface area (Å²) in [6, 6.07) is -1.32. The SMILES string of the molecule is CCN(CC1CC1)C(=O)N1CC(=O)NCC1C(=O)O. The first-order valence-electron chi connectivity index (χ1n) is 6.58. The van der Waals surface area contributed by atoms with Gasteiger partial charge in [-0.15, -0.1) is 0 Å². The number of nitrogens with zero attached hydrogens (tertiary/aromatic N) is 2. The first-order chi connectivity index (χ1) is 9.02. The Kier molecular flexibility index (Phi) is 3.92. The van der Waals surface area contributed by atoms with Gasteiger partial charge in [0.05, 0.1) is 0 Å². The van der Waals surface area contributed by atoms with Crippen LogP contribution in [0.25, 0.3) is 0 Å². The highest BCUT2D eigenvalue weighted by atomic mass is 16.4. The van der Waals surface area contributed by atoms with Crippen LogP contribution in [0.1, 0.15) is 19.8 Å². The van der Waals surface area contributed by atoms with Crippen molar-refractivity contribution in [2.75, 3.05) is 26.2 Å². The lowest BCUT2D eigenvalue weighted by molar-refractivity contribution is -0.144. The molecule has 0 aromatic carbocycles. The Hall–Kier alpha value is -1.79. The number of amides is 3. The molecule has 106 valence electrons. The van der Waals surface area contributed by atoms with Crippen molar-refractivity contribution in [2.45, 2.75) is 25.8 Å². The van der Waals surface area contributed by atoms with E-state index in [2.05, 4.69) is 5.32 Å². The number of carbonyl (C=O) groups is 3. The number of carboxylic acid groups (broad SMARTS) is 1. The number of rotatable bonds is 4. The van der Waals surface area contributed by atoms with Gasteiger partial charge in [0.2, 0.25) is 5.91 Å². The van der Waals surface area contributed by atoms with Gasteiger partial charge in [0.1, 0.15) is 12.6 Å². The largest absolute Gasteiger partial charge is 0.480 e. The molecule has 0 radical (unpaired) electrons. The molecule has 0 bridgehead atoms. The minimum absolute atomic E-state index is 0.0269. The van der Waals surface area contributed by atoms with E-state index in [1.807, 2.05) is 6.92 Å². The molecular weight excluding hydrogens is 250 g/mol. The molecule has 1 saturated carbocycles. The van der Waals surface area contributed by atoms with Crippen molar-refractivity contribution in [1.29, 1.82) is 0 Å². The lowest BCUT2D eigenvalue weighted by Crippen LogP contribution is -2.62. The predicted octanol–water partition coefficient (Wildman–Crippen LogP) is -0.277. The predicted molar refractivity (Wildman–Crippen MR) is 66.5 cm³/mol. The minimum Gasteiger partial charge on any atom is -0.480 e. The summed E-state index contributed by atoms with van der Waals surface area (Å²) >= 11 is 0. The Bertz CT molecular complexity index is 394. The van der Waals surface area contributed by atoms with Crippen molar-refractivity contribution < 1.29 is 19.5 Å². The van der Waals surface area contributed by atoms with Gasteiger partial charge in [-0.3, -0.25) is 9.69 Å². The van der Waals surface area contributed by atoms with Gasteiger partial charge in [-0.25, -0.2) is 9.59 Å². The van der Waals surface area contributed by atoms with Crippen molar-refractivity contribution in [2.24, 2.45) is 5.92 Å². The van der Waals surface area contributed by atoms with Gasteiger partial charge in [-0.1, -0.05) is 0 Å². The second-order valence-corrected chi connectivity index (χ2v) is 5.05. The topological polar surface area (TPSA) is 90.0 Å².